The van der Waals surface area contributed by atoms with Crippen molar-refractivity contribution in [3.05, 3.63) is 0 Å². The van der Waals surface area contributed by atoms with E-state index in [1.807, 2.05) is 18.7 Å². The van der Waals surface area contributed by atoms with E-state index in [1.165, 1.54) is 0 Å². The molecular weight excluding hydrogens is 327 g/mol. The van der Waals surface area contributed by atoms with Gasteiger partial charge in [0, 0.05) is 17.6 Å². The Morgan fingerprint density at radius 1 is 1.15 bits per heavy atom. The predicted octanol–water partition coefficient (Wildman–Crippen LogP) is -3.26. The fraction of sp³-hybridized carbons (Fsp3) is 0.917. The van der Waals surface area contributed by atoms with Gasteiger partial charge in [0.1, 0.15) is 6.61 Å². The molecular formula is C12H29GeNO6+4. The molecule has 0 bridgehead atoms. The Hall–Kier alpha value is -0.187. The van der Waals surface area contributed by atoms with Gasteiger partial charge < -0.3 is 25.2 Å². The largest absolute Gasteiger partial charge is 0.459 e. The molecule has 1 aliphatic heterocycles. The molecule has 1 rings (SSSR count). The molecule has 0 aromatic heterocycles. The van der Waals surface area contributed by atoms with Crippen LogP contribution in [0, 0.1) is 5.41 Å². The molecule has 7 nitrogen and oxygen atoms in total. The third kappa shape index (κ3) is 8.18. The first kappa shape index (κ1) is 22.1. The molecule has 1 unspecified atom stereocenters. The van der Waals surface area contributed by atoms with Crippen LogP contribution in [0.5, 0.6) is 0 Å². The molecule has 1 heterocycles. The summed E-state index contributed by atoms with van der Waals surface area (Å²) in [5.41, 5.74) is -0.281. The molecule has 118 valence electrons. The fourth-order valence-corrected chi connectivity index (χ4v) is 1.55. The molecule has 4 radical (unpaired) electrons. The maximum absolute atomic E-state index is 10.6. The first-order chi connectivity index (χ1) is 8.88. The van der Waals surface area contributed by atoms with Gasteiger partial charge in [0.05, 0.1) is 25.0 Å². The van der Waals surface area contributed by atoms with Crippen molar-refractivity contribution in [2.24, 2.45) is 5.41 Å². The maximum atomic E-state index is 10.6. The van der Waals surface area contributed by atoms with E-state index in [0.29, 0.717) is 46.1 Å². The second-order valence-corrected chi connectivity index (χ2v) is 5.12. The minimum atomic E-state index is -0.683. The summed E-state index contributed by atoms with van der Waals surface area (Å²) >= 11 is 0. The van der Waals surface area contributed by atoms with Crippen molar-refractivity contribution in [3.8, 4) is 0 Å². The number of hydrogen-bond acceptors (Lipinski definition) is 3. The van der Waals surface area contributed by atoms with Gasteiger partial charge in [0.2, 0.25) is 0 Å². The minimum absolute atomic E-state index is 0. The number of carbonyl (C=O) groups is 1. The fourth-order valence-electron chi connectivity index (χ4n) is 1.55. The normalized spacial score (nSPS) is 19.9. The zero-order chi connectivity index (χ0) is 14.9. The van der Waals surface area contributed by atoms with Crippen LogP contribution in [0.25, 0.3) is 0 Å². The van der Waals surface area contributed by atoms with Crippen molar-refractivity contribution in [1.29, 1.82) is 0 Å². The van der Waals surface area contributed by atoms with E-state index in [4.69, 9.17) is 20.4 Å². The van der Waals surface area contributed by atoms with Crippen LogP contribution in [0.3, 0.4) is 0 Å². The first-order valence-electron chi connectivity index (χ1n) is 6.43. The molecule has 8 heteroatoms. The van der Waals surface area contributed by atoms with Crippen LogP contribution in [0.15, 0.2) is 0 Å². The van der Waals surface area contributed by atoms with E-state index >= 15 is 0 Å². The van der Waals surface area contributed by atoms with Crippen molar-refractivity contribution in [3.63, 3.8) is 0 Å². The number of rotatable bonds is 6. The molecule has 0 amide bonds. The third-order valence-electron chi connectivity index (χ3n) is 2.89. The van der Waals surface area contributed by atoms with Crippen molar-refractivity contribution < 1.29 is 30.0 Å². The second-order valence-electron chi connectivity index (χ2n) is 5.12. The molecule has 0 spiro atoms. The summed E-state index contributed by atoms with van der Waals surface area (Å²) in [6.07, 6.45) is -0.683. The van der Waals surface area contributed by atoms with Gasteiger partial charge in [-0.15, -0.1) is 0 Å². The van der Waals surface area contributed by atoms with Gasteiger partial charge in [0.25, 0.3) is 6.10 Å². The van der Waals surface area contributed by atoms with Crippen LogP contribution in [-0.2, 0) is 9.53 Å². The Labute approximate surface area is 130 Å². The number of hydrogen-bond donors (Lipinski definition) is 0. The van der Waals surface area contributed by atoms with Gasteiger partial charge >= 0.3 is 5.97 Å². The number of cyclic esters (lactones) is 1. The summed E-state index contributed by atoms with van der Waals surface area (Å²) in [7, 11) is 0. The average Bonchev–Trinajstić information content (AvgIpc) is 2.58. The van der Waals surface area contributed by atoms with Gasteiger partial charge in [0.15, 0.2) is 19.8 Å². The van der Waals surface area contributed by atoms with Crippen LogP contribution in [0.2, 0.25) is 0 Å². The van der Waals surface area contributed by atoms with E-state index in [-0.39, 0.29) is 29.0 Å². The van der Waals surface area contributed by atoms with Crippen LogP contribution >= 0.6 is 0 Å². The van der Waals surface area contributed by atoms with Crippen molar-refractivity contribution >= 4 is 23.6 Å². The summed E-state index contributed by atoms with van der Waals surface area (Å²) in [5, 5.41) is 28.0. The van der Waals surface area contributed by atoms with Crippen molar-refractivity contribution in [2.45, 2.75) is 20.0 Å². The standard InChI is InChI=1S/C6H15NO3.C6H10O3.Ge/c8-4-1-7(2-5-9)3-6-10;1-6(2)3-9-5(8)4(6)7;/h8-10H,1-6H2;4,7H,3H2,1-2H3;/p+4. The van der Waals surface area contributed by atoms with E-state index in [0.717, 1.165) is 0 Å². The van der Waals surface area contributed by atoms with Crippen LogP contribution < -0.4 is 0 Å². The molecule has 20 heavy (non-hydrogen) atoms. The SMILES string of the molecule is CC1(C)COC(=O)C1[OH2+].[Ge].[OH2+]CCN(CC[OH2+])CC[OH2+]. The van der Waals surface area contributed by atoms with Crippen LogP contribution in [-0.4, -0.2) is 101 Å². The zero-order valence-corrected chi connectivity index (χ0v) is 14.4. The summed E-state index contributed by atoms with van der Waals surface area (Å²) < 4.78 is 4.65. The zero-order valence-electron chi connectivity index (χ0n) is 12.3. The Bertz CT molecular complexity index is 250. The quantitative estimate of drug-likeness (QED) is 0.282. The predicted molar refractivity (Wildman–Crippen MR) is 79.8 cm³/mol. The molecule has 1 fully saturated rings. The van der Waals surface area contributed by atoms with E-state index in [9.17, 15) is 4.79 Å². The smallest absolute Gasteiger partial charge is 0.387 e. The van der Waals surface area contributed by atoms with Gasteiger partial charge in [-0.1, -0.05) is 0 Å². The Morgan fingerprint density at radius 3 is 1.70 bits per heavy atom. The van der Waals surface area contributed by atoms with Crippen LogP contribution in [0.1, 0.15) is 13.8 Å². The van der Waals surface area contributed by atoms with E-state index in [2.05, 4.69) is 4.74 Å². The number of esters is 1. The topological polar surface area (TPSA) is 121 Å². The van der Waals surface area contributed by atoms with Crippen molar-refractivity contribution in [1.82, 2.24) is 4.90 Å². The molecule has 1 aliphatic rings. The molecule has 0 saturated carbocycles. The van der Waals surface area contributed by atoms with Gasteiger partial charge in [-0.05, 0) is 13.8 Å². The average molecular weight is 356 g/mol. The summed E-state index contributed by atoms with van der Waals surface area (Å²) in [6, 6.07) is 0. The van der Waals surface area contributed by atoms with Gasteiger partial charge in [-0.25, -0.2) is 4.79 Å². The minimum Gasteiger partial charge on any atom is -0.459 e. The van der Waals surface area contributed by atoms with E-state index < -0.39 is 6.10 Å². The Morgan fingerprint density at radius 2 is 1.55 bits per heavy atom. The number of carbonyl (C=O) groups excluding carboxylic acids is 1. The maximum Gasteiger partial charge on any atom is 0.387 e. The molecule has 0 aromatic rings. The van der Waals surface area contributed by atoms with E-state index in [1.54, 1.807) is 0 Å². The first-order valence-corrected chi connectivity index (χ1v) is 6.43. The Kier molecular flexibility index (Phi) is 12.7. The van der Waals surface area contributed by atoms with Crippen molar-refractivity contribution in [2.75, 3.05) is 46.1 Å². The van der Waals surface area contributed by atoms with Gasteiger partial charge in [-0.3, -0.25) is 4.90 Å². The molecule has 1 atom stereocenters. The van der Waals surface area contributed by atoms with Gasteiger partial charge in [-0.2, -0.15) is 0 Å². The number of nitrogens with zero attached hydrogens (tertiary/aromatic N) is 1. The second kappa shape index (κ2) is 11.5. The number of ether oxygens (including phenoxy) is 1. The Balaban J connectivity index is 0. The third-order valence-corrected chi connectivity index (χ3v) is 2.89. The molecule has 0 aliphatic carbocycles. The summed E-state index contributed by atoms with van der Waals surface area (Å²) in [5.74, 6) is -0.389. The summed E-state index contributed by atoms with van der Waals surface area (Å²) in [6.45, 7) is 7.35. The monoisotopic (exact) mass is 357 g/mol. The molecule has 8 N–H and O–H groups in total. The molecule has 0 aromatic carbocycles. The van der Waals surface area contributed by atoms with Crippen LogP contribution in [0.4, 0.5) is 0 Å². The summed E-state index contributed by atoms with van der Waals surface area (Å²) in [4.78, 5) is 12.6. The molecule has 1 saturated heterocycles.